The summed E-state index contributed by atoms with van der Waals surface area (Å²) < 4.78 is 0. The summed E-state index contributed by atoms with van der Waals surface area (Å²) in [6, 6.07) is 9.98. The predicted molar refractivity (Wildman–Crippen MR) is 84.5 cm³/mol. The van der Waals surface area contributed by atoms with Crippen molar-refractivity contribution in [3.05, 3.63) is 56.9 Å². The lowest BCUT2D eigenvalue weighted by atomic mass is 10.3. The summed E-state index contributed by atoms with van der Waals surface area (Å²) in [5, 5.41) is 3.15. The molecule has 106 valence electrons. The summed E-state index contributed by atoms with van der Waals surface area (Å²) in [5.41, 5.74) is 0.768. The van der Waals surface area contributed by atoms with Crippen molar-refractivity contribution in [3.8, 4) is 0 Å². The van der Waals surface area contributed by atoms with Gasteiger partial charge in [-0.1, -0.05) is 11.6 Å². The highest BCUT2D eigenvalue weighted by molar-refractivity contribution is 7.12. The van der Waals surface area contributed by atoms with Crippen LogP contribution in [0.5, 0.6) is 0 Å². The minimum atomic E-state index is -0.457. The fourth-order valence-corrected chi connectivity index (χ4v) is 2.98. The Morgan fingerprint density at radius 2 is 1.86 bits per heavy atom. The van der Waals surface area contributed by atoms with Gasteiger partial charge in [0.05, 0.1) is 5.69 Å². The maximum atomic E-state index is 12.4. The van der Waals surface area contributed by atoms with Crippen LogP contribution in [0.1, 0.15) is 9.75 Å². The van der Waals surface area contributed by atoms with Crippen LogP contribution in [0.15, 0.2) is 42.1 Å². The molecule has 21 heavy (non-hydrogen) atoms. The van der Waals surface area contributed by atoms with Gasteiger partial charge in [0.25, 0.3) is 5.91 Å². The van der Waals surface area contributed by atoms with E-state index >= 15 is 0 Å². The summed E-state index contributed by atoms with van der Waals surface area (Å²) in [6.07, 6.45) is 1.69. The van der Waals surface area contributed by atoms with Crippen LogP contribution in [0.2, 0.25) is 5.02 Å². The van der Waals surface area contributed by atoms with Crippen molar-refractivity contribution in [1.29, 1.82) is 0 Å². The number of rotatable bonds is 2. The number of carbonyl (C=O) groups is 2. The third kappa shape index (κ3) is 2.70. The second-order valence-corrected chi connectivity index (χ2v) is 6.31. The number of benzene rings is 1. The highest BCUT2D eigenvalue weighted by Gasteiger charge is 2.34. The largest absolute Gasteiger partial charge is 0.333 e. The number of hydrogen-bond donors (Lipinski definition) is 1. The van der Waals surface area contributed by atoms with Gasteiger partial charge < -0.3 is 5.32 Å². The number of nitrogens with one attached hydrogen (secondary N) is 1. The topological polar surface area (TPSA) is 49.4 Å². The van der Waals surface area contributed by atoms with Crippen molar-refractivity contribution in [1.82, 2.24) is 5.32 Å². The van der Waals surface area contributed by atoms with E-state index in [0.717, 1.165) is 14.7 Å². The van der Waals surface area contributed by atoms with Crippen molar-refractivity contribution >= 4 is 46.6 Å². The summed E-state index contributed by atoms with van der Waals surface area (Å²) in [5.74, 6) is -0.367. The van der Waals surface area contributed by atoms with Crippen LogP contribution in [0.3, 0.4) is 0 Å². The normalized spacial score (nSPS) is 16.7. The third-order valence-corrected chi connectivity index (χ3v) is 4.21. The lowest BCUT2D eigenvalue weighted by Gasteiger charge is -2.11. The molecular formula is C15H11ClN2O2S. The molecule has 0 saturated carbocycles. The summed E-state index contributed by atoms with van der Waals surface area (Å²) >= 11 is 7.38. The first-order valence-corrected chi connectivity index (χ1v) is 7.43. The Bertz CT molecular complexity index is 749. The lowest BCUT2D eigenvalue weighted by molar-refractivity contribution is -0.113. The van der Waals surface area contributed by atoms with Crippen molar-refractivity contribution < 1.29 is 9.59 Å². The van der Waals surface area contributed by atoms with Crippen LogP contribution >= 0.6 is 22.9 Å². The van der Waals surface area contributed by atoms with E-state index in [-0.39, 0.29) is 11.6 Å². The Hall–Kier alpha value is -2.11. The number of thiophene rings is 1. The van der Waals surface area contributed by atoms with Gasteiger partial charge in [0.2, 0.25) is 0 Å². The van der Waals surface area contributed by atoms with Crippen LogP contribution in [-0.4, -0.2) is 11.9 Å². The van der Waals surface area contributed by atoms with E-state index in [1.165, 1.54) is 0 Å². The van der Waals surface area contributed by atoms with Gasteiger partial charge in [0.1, 0.15) is 5.70 Å². The fourth-order valence-electron chi connectivity index (χ4n) is 2.03. The molecule has 1 aromatic carbocycles. The SMILES string of the molecule is Cc1ccc(/C=C2/NC(=O)N(c3ccc(Cl)cc3)C2=O)s1. The van der Waals surface area contributed by atoms with E-state index in [0.29, 0.717) is 10.7 Å². The Morgan fingerprint density at radius 1 is 1.14 bits per heavy atom. The molecule has 3 rings (SSSR count). The van der Waals surface area contributed by atoms with Gasteiger partial charge in [0, 0.05) is 14.8 Å². The van der Waals surface area contributed by atoms with E-state index in [1.54, 1.807) is 41.7 Å². The maximum Gasteiger partial charge on any atom is 0.333 e. The highest BCUT2D eigenvalue weighted by Crippen LogP contribution is 2.25. The number of amides is 3. The van der Waals surface area contributed by atoms with Crippen LogP contribution in [0.25, 0.3) is 6.08 Å². The molecule has 1 N–H and O–H groups in total. The van der Waals surface area contributed by atoms with Gasteiger partial charge in [-0.25, -0.2) is 9.69 Å². The summed E-state index contributed by atoms with van der Waals surface area (Å²) in [6.45, 7) is 1.99. The maximum absolute atomic E-state index is 12.4. The molecular weight excluding hydrogens is 308 g/mol. The van der Waals surface area contributed by atoms with Crippen molar-refractivity contribution in [2.75, 3.05) is 4.90 Å². The molecule has 2 aromatic rings. The average molecular weight is 319 g/mol. The third-order valence-electron chi connectivity index (χ3n) is 3.01. The summed E-state index contributed by atoms with van der Waals surface area (Å²) in [4.78, 5) is 27.5. The Labute approximate surface area is 130 Å². The van der Waals surface area contributed by atoms with Gasteiger partial charge in [-0.3, -0.25) is 4.79 Å². The molecule has 1 aromatic heterocycles. The molecule has 0 bridgehead atoms. The minimum absolute atomic E-state index is 0.275. The second kappa shape index (κ2) is 5.35. The first-order valence-electron chi connectivity index (χ1n) is 6.24. The van der Waals surface area contributed by atoms with E-state index in [9.17, 15) is 9.59 Å². The van der Waals surface area contributed by atoms with E-state index in [1.807, 2.05) is 19.1 Å². The molecule has 3 amide bonds. The average Bonchev–Trinajstić information content (AvgIpc) is 2.96. The molecule has 0 atom stereocenters. The number of carbonyl (C=O) groups excluding carboxylic acids is 2. The van der Waals surface area contributed by atoms with Gasteiger partial charge >= 0.3 is 6.03 Å². The molecule has 1 fully saturated rings. The smallest absolute Gasteiger partial charge is 0.302 e. The van der Waals surface area contributed by atoms with Crippen LogP contribution in [0.4, 0.5) is 10.5 Å². The number of imide groups is 1. The van der Waals surface area contributed by atoms with Crippen LogP contribution < -0.4 is 10.2 Å². The van der Waals surface area contributed by atoms with E-state index < -0.39 is 6.03 Å². The highest BCUT2D eigenvalue weighted by atomic mass is 35.5. The number of halogens is 1. The van der Waals surface area contributed by atoms with Crippen molar-refractivity contribution in [3.63, 3.8) is 0 Å². The Morgan fingerprint density at radius 3 is 2.48 bits per heavy atom. The van der Waals surface area contributed by atoms with Gasteiger partial charge in [-0.05, 0) is 49.4 Å². The zero-order chi connectivity index (χ0) is 15.0. The molecule has 0 aliphatic carbocycles. The molecule has 4 nitrogen and oxygen atoms in total. The molecule has 1 aliphatic rings. The predicted octanol–water partition coefficient (Wildman–Crippen LogP) is 3.81. The molecule has 0 unspecified atom stereocenters. The number of anilines is 1. The number of nitrogens with zero attached hydrogens (tertiary/aromatic N) is 1. The van der Waals surface area contributed by atoms with Gasteiger partial charge in [-0.15, -0.1) is 11.3 Å². The number of hydrogen-bond acceptors (Lipinski definition) is 3. The van der Waals surface area contributed by atoms with Gasteiger partial charge in [0.15, 0.2) is 0 Å². The standard InChI is InChI=1S/C15H11ClN2O2S/c1-9-2-7-12(21-9)8-13-14(19)18(15(20)17-13)11-5-3-10(16)4-6-11/h2-8H,1H3,(H,17,20)/b13-8+. The van der Waals surface area contributed by atoms with Crippen LogP contribution in [0, 0.1) is 6.92 Å². The lowest BCUT2D eigenvalue weighted by Crippen LogP contribution is -2.30. The quantitative estimate of drug-likeness (QED) is 0.676. The van der Waals surface area contributed by atoms with Crippen LogP contribution in [-0.2, 0) is 4.79 Å². The first-order chi connectivity index (χ1) is 10.0. The molecule has 1 aliphatic heterocycles. The molecule has 0 radical (unpaired) electrons. The van der Waals surface area contributed by atoms with Gasteiger partial charge in [-0.2, -0.15) is 0 Å². The van der Waals surface area contributed by atoms with Crippen molar-refractivity contribution in [2.45, 2.75) is 6.92 Å². The summed E-state index contributed by atoms with van der Waals surface area (Å²) in [7, 11) is 0. The Kier molecular flexibility index (Phi) is 3.53. The fraction of sp³-hybridized carbons (Fsp3) is 0.0667. The molecule has 0 spiro atoms. The zero-order valence-electron chi connectivity index (χ0n) is 11.1. The Balaban J connectivity index is 1.92. The zero-order valence-corrected chi connectivity index (χ0v) is 12.7. The van der Waals surface area contributed by atoms with Crippen molar-refractivity contribution in [2.24, 2.45) is 0 Å². The number of urea groups is 1. The molecule has 1 saturated heterocycles. The van der Waals surface area contributed by atoms with E-state index in [2.05, 4.69) is 5.32 Å². The monoisotopic (exact) mass is 318 g/mol. The van der Waals surface area contributed by atoms with E-state index in [4.69, 9.17) is 11.6 Å². The molecule has 6 heteroatoms. The number of aryl methyl sites for hydroxylation is 1. The first kappa shape index (κ1) is 13.9. The minimum Gasteiger partial charge on any atom is -0.302 e. The second-order valence-electron chi connectivity index (χ2n) is 4.55. The molecule has 2 heterocycles.